The molecule has 0 spiro atoms. The number of unbranched alkanes of at least 4 members (excludes halogenated alkanes) is 28. The third kappa shape index (κ3) is 59.1. The minimum Gasteiger partial charge on any atom is -0.462 e. The molecule has 0 aromatic heterocycles. The molecule has 0 fully saturated rings. The first kappa shape index (κ1) is 69.3. The summed E-state index contributed by atoms with van der Waals surface area (Å²) in [5, 5.41) is 0. The number of rotatable bonds is 55. The molecule has 0 N–H and O–H groups in total. The predicted molar refractivity (Wildman–Crippen MR) is 316 cm³/mol. The van der Waals surface area contributed by atoms with Crippen LogP contribution >= 0.6 is 0 Å². The van der Waals surface area contributed by atoms with Gasteiger partial charge < -0.3 is 14.2 Å². The van der Waals surface area contributed by atoms with Crippen molar-refractivity contribution in [3.63, 3.8) is 0 Å². The van der Waals surface area contributed by atoms with Crippen molar-refractivity contribution in [3.8, 4) is 0 Å². The lowest BCUT2D eigenvalue weighted by atomic mass is 10.0. The summed E-state index contributed by atoms with van der Waals surface area (Å²) < 4.78 is 16.9. The van der Waals surface area contributed by atoms with Gasteiger partial charge in [0.1, 0.15) is 13.2 Å². The Hall–Kier alpha value is -3.67. The molecule has 73 heavy (non-hydrogen) atoms. The zero-order valence-electron chi connectivity index (χ0n) is 47.9. The third-order valence-corrected chi connectivity index (χ3v) is 13.1. The lowest BCUT2D eigenvalue weighted by Crippen LogP contribution is -2.30. The van der Waals surface area contributed by atoms with E-state index in [1.165, 1.54) is 135 Å². The smallest absolute Gasteiger partial charge is 0.306 e. The van der Waals surface area contributed by atoms with Crippen molar-refractivity contribution < 1.29 is 28.6 Å². The number of hydrogen-bond acceptors (Lipinski definition) is 6. The highest BCUT2D eigenvalue weighted by molar-refractivity contribution is 5.71. The summed E-state index contributed by atoms with van der Waals surface area (Å²) in [6, 6.07) is 0. The average Bonchev–Trinajstić information content (AvgIpc) is 3.39. The molecule has 418 valence electrons. The second-order valence-corrected chi connectivity index (χ2v) is 20.2. The lowest BCUT2D eigenvalue weighted by molar-refractivity contribution is -0.167. The van der Waals surface area contributed by atoms with E-state index in [9.17, 15) is 14.4 Å². The summed E-state index contributed by atoms with van der Waals surface area (Å²) in [5.74, 6) is -0.894. The van der Waals surface area contributed by atoms with Crippen LogP contribution in [0.5, 0.6) is 0 Å². The van der Waals surface area contributed by atoms with E-state index in [2.05, 4.69) is 118 Å². The topological polar surface area (TPSA) is 78.9 Å². The number of carbonyl (C=O) groups excluding carboxylic acids is 3. The Labute approximate surface area is 451 Å². The van der Waals surface area contributed by atoms with Gasteiger partial charge in [-0.25, -0.2) is 0 Å². The van der Waals surface area contributed by atoms with Gasteiger partial charge in [0.15, 0.2) is 6.10 Å². The molecule has 0 aliphatic carbocycles. The molecule has 0 amide bonds. The largest absolute Gasteiger partial charge is 0.462 e. The molecule has 1 unspecified atom stereocenters. The molecule has 0 aliphatic rings. The van der Waals surface area contributed by atoms with Crippen LogP contribution < -0.4 is 0 Å². The van der Waals surface area contributed by atoms with Gasteiger partial charge in [0.25, 0.3) is 0 Å². The maximum absolute atomic E-state index is 12.9. The second-order valence-electron chi connectivity index (χ2n) is 20.2. The zero-order valence-corrected chi connectivity index (χ0v) is 47.9. The summed E-state index contributed by atoms with van der Waals surface area (Å²) >= 11 is 0. The monoisotopic (exact) mass is 1010 g/mol. The predicted octanol–water partition coefficient (Wildman–Crippen LogP) is 20.9. The van der Waals surface area contributed by atoms with Crippen molar-refractivity contribution in [3.05, 3.63) is 97.2 Å². The van der Waals surface area contributed by atoms with Crippen molar-refractivity contribution in [1.82, 2.24) is 0 Å². The van der Waals surface area contributed by atoms with Crippen LogP contribution in [-0.2, 0) is 28.6 Å². The molecular weight excluding hydrogens is 901 g/mol. The van der Waals surface area contributed by atoms with Crippen molar-refractivity contribution in [1.29, 1.82) is 0 Å². The minimum absolute atomic E-state index is 0.0817. The van der Waals surface area contributed by atoms with E-state index in [1.54, 1.807) is 0 Å². The summed E-state index contributed by atoms with van der Waals surface area (Å²) in [5.41, 5.74) is 0. The number of ether oxygens (including phenoxy) is 3. The average molecular weight is 1020 g/mol. The molecule has 6 heteroatoms. The maximum Gasteiger partial charge on any atom is 0.306 e. The molecular formula is C67H114O6. The fourth-order valence-electron chi connectivity index (χ4n) is 8.48. The summed E-state index contributed by atoms with van der Waals surface area (Å²) in [6.45, 7) is 6.48. The van der Waals surface area contributed by atoms with E-state index in [-0.39, 0.29) is 31.1 Å². The van der Waals surface area contributed by atoms with E-state index < -0.39 is 6.10 Å². The van der Waals surface area contributed by atoms with Gasteiger partial charge >= 0.3 is 17.9 Å². The highest BCUT2D eigenvalue weighted by Gasteiger charge is 2.19. The van der Waals surface area contributed by atoms with Crippen LogP contribution in [0.15, 0.2) is 97.2 Å². The SMILES string of the molecule is CC/C=C\C/C=C\C/C=C\C/C=C\C/C=C\CCCCCCCCCCCCCC(=O)OCC(COC(=O)CCCCCCCCCCC)OC(=O)CCCCCCCC/C=C\C/C=C\C/C=C\CCCCC. The van der Waals surface area contributed by atoms with Crippen LogP contribution in [-0.4, -0.2) is 37.2 Å². The normalized spacial score (nSPS) is 12.8. The lowest BCUT2D eigenvalue weighted by Gasteiger charge is -2.18. The van der Waals surface area contributed by atoms with E-state index >= 15 is 0 Å². The standard InChI is InChI=1S/C67H114O6/c1-4-7-10-13-16-19-21-23-25-27-29-30-31-32-33-34-35-36-38-39-41-43-45-48-51-54-57-60-66(69)72-63-64(62-71-65(68)59-56-53-50-47-18-15-12-9-6-3)73-67(70)61-58-55-52-49-46-44-42-40-37-28-26-24-22-20-17-14-11-8-5-2/h7,10,16-17,19-20,23-26,29-30,32-33,37,40,64H,4-6,8-9,11-15,18,21-22,27-28,31,34-36,38-39,41-63H2,1-3H3/b10-7-,19-16-,20-17-,25-23-,26-24-,30-29-,33-32-,40-37-. The molecule has 0 aromatic rings. The third-order valence-electron chi connectivity index (χ3n) is 13.1. The summed E-state index contributed by atoms with van der Waals surface area (Å²) in [6.07, 6.45) is 81.3. The number of carbonyl (C=O) groups is 3. The van der Waals surface area contributed by atoms with Crippen molar-refractivity contribution in [2.45, 2.75) is 297 Å². The molecule has 0 heterocycles. The molecule has 0 bridgehead atoms. The fourth-order valence-corrected chi connectivity index (χ4v) is 8.48. The van der Waals surface area contributed by atoms with E-state index in [0.717, 1.165) is 116 Å². The first-order chi connectivity index (χ1) is 36.0. The van der Waals surface area contributed by atoms with Gasteiger partial charge in [0.05, 0.1) is 0 Å². The first-order valence-electron chi connectivity index (χ1n) is 30.7. The van der Waals surface area contributed by atoms with Crippen molar-refractivity contribution in [2.75, 3.05) is 13.2 Å². The highest BCUT2D eigenvalue weighted by atomic mass is 16.6. The Bertz CT molecular complexity index is 1440. The Morgan fingerprint density at radius 2 is 0.534 bits per heavy atom. The van der Waals surface area contributed by atoms with Crippen LogP contribution in [0, 0.1) is 0 Å². The van der Waals surface area contributed by atoms with E-state index in [4.69, 9.17) is 14.2 Å². The van der Waals surface area contributed by atoms with Gasteiger partial charge in [-0.15, -0.1) is 0 Å². The number of esters is 3. The Balaban J connectivity index is 4.24. The Kier molecular flexibility index (Phi) is 57.8. The van der Waals surface area contributed by atoms with Crippen molar-refractivity contribution in [2.24, 2.45) is 0 Å². The van der Waals surface area contributed by atoms with Gasteiger partial charge in [0.2, 0.25) is 0 Å². The van der Waals surface area contributed by atoms with E-state index in [1.807, 2.05) is 0 Å². The first-order valence-corrected chi connectivity index (χ1v) is 30.7. The van der Waals surface area contributed by atoms with Gasteiger partial charge in [-0.1, -0.05) is 266 Å². The highest BCUT2D eigenvalue weighted by Crippen LogP contribution is 2.16. The second kappa shape index (κ2) is 60.9. The minimum atomic E-state index is -0.784. The van der Waals surface area contributed by atoms with Crippen LogP contribution in [0.25, 0.3) is 0 Å². The van der Waals surface area contributed by atoms with Gasteiger partial charge in [-0.3, -0.25) is 14.4 Å². The molecule has 0 radical (unpaired) electrons. The molecule has 1 atom stereocenters. The molecule has 0 aliphatic heterocycles. The molecule has 0 rings (SSSR count). The van der Waals surface area contributed by atoms with Gasteiger partial charge in [-0.2, -0.15) is 0 Å². The molecule has 0 saturated heterocycles. The van der Waals surface area contributed by atoms with Gasteiger partial charge in [0, 0.05) is 19.3 Å². The summed E-state index contributed by atoms with van der Waals surface area (Å²) in [7, 11) is 0. The van der Waals surface area contributed by atoms with Crippen LogP contribution in [0.3, 0.4) is 0 Å². The zero-order chi connectivity index (χ0) is 52.9. The molecule has 0 aromatic carbocycles. The number of allylic oxidation sites excluding steroid dienone is 16. The molecule has 0 saturated carbocycles. The van der Waals surface area contributed by atoms with Gasteiger partial charge in [-0.05, 0) is 103 Å². The van der Waals surface area contributed by atoms with Crippen LogP contribution in [0.4, 0.5) is 0 Å². The Morgan fingerprint density at radius 3 is 0.863 bits per heavy atom. The van der Waals surface area contributed by atoms with E-state index in [0.29, 0.717) is 19.3 Å². The quantitative estimate of drug-likeness (QED) is 0.0261. The summed E-state index contributed by atoms with van der Waals surface area (Å²) in [4.78, 5) is 38.1. The maximum atomic E-state index is 12.9. The van der Waals surface area contributed by atoms with Crippen LogP contribution in [0.2, 0.25) is 0 Å². The fraction of sp³-hybridized carbons (Fsp3) is 0.716. The van der Waals surface area contributed by atoms with Crippen molar-refractivity contribution >= 4 is 17.9 Å². The Morgan fingerprint density at radius 1 is 0.288 bits per heavy atom. The van der Waals surface area contributed by atoms with Crippen LogP contribution in [0.1, 0.15) is 290 Å². The molecule has 6 nitrogen and oxygen atoms in total. The number of hydrogen-bond donors (Lipinski definition) is 0.